The minimum Gasteiger partial charge on any atom is -0.368 e. The summed E-state index contributed by atoms with van der Waals surface area (Å²) in [7, 11) is 2.12. The number of nitrogen functional groups attached to an aromatic ring is 1. The highest BCUT2D eigenvalue weighted by Gasteiger charge is 2.20. The van der Waals surface area contributed by atoms with E-state index < -0.39 is 0 Å². The largest absolute Gasteiger partial charge is 0.368 e. The summed E-state index contributed by atoms with van der Waals surface area (Å²) >= 11 is 1.56. The second-order valence-corrected chi connectivity index (χ2v) is 6.20. The molecule has 0 spiro atoms. The average Bonchev–Trinajstić information content (AvgIpc) is 3.16. The van der Waals surface area contributed by atoms with Crippen LogP contribution in [-0.4, -0.2) is 62.7 Å². The van der Waals surface area contributed by atoms with Crippen molar-refractivity contribution >= 4 is 28.9 Å². The van der Waals surface area contributed by atoms with E-state index in [4.69, 9.17) is 5.73 Å². The second kappa shape index (κ2) is 5.18. The Labute approximate surface area is 131 Å². The van der Waals surface area contributed by atoms with Gasteiger partial charge in [0.15, 0.2) is 5.65 Å². The van der Waals surface area contributed by atoms with Crippen molar-refractivity contribution in [2.75, 3.05) is 43.9 Å². The number of fused-ring (bicyclic) bond motifs is 1. The molecule has 8 nitrogen and oxygen atoms in total. The molecule has 4 heterocycles. The van der Waals surface area contributed by atoms with Crippen LogP contribution in [-0.2, 0) is 0 Å². The third-order valence-electron chi connectivity index (χ3n) is 3.83. The van der Waals surface area contributed by atoms with Crippen molar-refractivity contribution in [1.82, 2.24) is 29.5 Å². The molecule has 0 atom stereocenters. The summed E-state index contributed by atoms with van der Waals surface area (Å²) in [6.07, 6.45) is 3.52. The molecule has 0 saturated carbocycles. The monoisotopic (exact) mass is 316 g/mol. The number of nitrogens with two attached hydrogens (primary N) is 1. The van der Waals surface area contributed by atoms with Crippen molar-refractivity contribution in [2.45, 2.75) is 0 Å². The van der Waals surface area contributed by atoms with Gasteiger partial charge in [-0.2, -0.15) is 19.6 Å². The summed E-state index contributed by atoms with van der Waals surface area (Å²) in [4.78, 5) is 17.9. The first-order chi connectivity index (χ1) is 10.7. The van der Waals surface area contributed by atoms with Crippen LogP contribution in [0.4, 0.5) is 11.9 Å². The fourth-order valence-electron chi connectivity index (χ4n) is 2.54. The van der Waals surface area contributed by atoms with Crippen LogP contribution in [0.1, 0.15) is 0 Å². The van der Waals surface area contributed by atoms with Gasteiger partial charge in [-0.05, 0) is 7.05 Å². The van der Waals surface area contributed by atoms with E-state index in [1.165, 1.54) is 0 Å². The van der Waals surface area contributed by atoms with Crippen molar-refractivity contribution in [2.24, 2.45) is 0 Å². The second-order valence-electron chi connectivity index (χ2n) is 5.30. The Morgan fingerprint density at radius 1 is 1.18 bits per heavy atom. The van der Waals surface area contributed by atoms with Gasteiger partial charge in [-0.25, -0.2) is 4.98 Å². The molecule has 4 rings (SSSR count). The molecule has 0 bridgehead atoms. The molecular formula is C13H16N8S. The van der Waals surface area contributed by atoms with E-state index in [0.717, 1.165) is 36.8 Å². The number of nitrogens with zero attached hydrogens (tertiary/aromatic N) is 7. The van der Waals surface area contributed by atoms with E-state index in [2.05, 4.69) is 36.9 Å². The van der Waals surface area contributed by atoms with Crippen LogP contribution in [0.5, 0.6) is 0 Å². The maximum atomic E-state index is 6.05. The van der Waals surface area contributed by atoms with Crippen LogP contribution < -0.4 is 10.6 Å². The predicted molar refractivity (Wildman–Crippen MR) is 86.0 cm³/mol. The Morgan fingerprint density at radius 3 is 2.73 bits per heavy atom. The first-order valence-electron chi connectivity index (χ1n) is 7.07. The highest BCUT2D eigenvalue weighted by atomic mass is 32.1. The normalized spacial score (nSPS) is 16.5. The van der Waals surface area contributed by atoms with E-state index in [0.29, 0.717) is 17.5 Å². The topological polar surface area (TPSA) is 88.5 Å². The van der Waals surface area contributed by atoms with Gasteiger partial charge < -0.3 is 15.5 Å². The number of anilines is 2. The zero-order valence-corrected chi connectivity index (χ0v) is 13.0. The Balaban J connectivity index is 1.79. The van der Waals surface area contributed by atoms with Crippen LogP contribution in [0.2, 0.25) is 0 Å². The maximum absolute atomic E-state index is 6.05. The van der Waals surface area contributed by atoms with E-state index in [1.807, 2.05) is 5.38 Å². The molecule has 1 fully saturated rings. The van der Waals surface area contributed by atoms with Crippen molar-refractivity contribution in [3.05, 3.63) is 17.8 Å². The lowest BCUT2D eigenvalue weighted by Crippen LogP contribution is -2.45. The van der Waals surface area contributed by atoms with Crippen LogP contribution in [0.25, 0.3) is 16.2 Å². The summed E-state index contributed by atoms with van der Waals surface area (Å²) in [6, 6.07) is 0. The van der Waals surface area contributed by atoms with Gasteiger partial charge in [-0.15, -0.1) is 11.3 Å². The Morgan fingerprint density at radius 2 is 2.00 bits per heavy atom. The highest BCUT2D eigenvalue weighted by Crippen LogP contribution is 2.27. The molecule has 22 heavy (non-hydrogen) atoms. The Kier molecular flexibility index (Phi) is 3.16. The van der Waals surface area contributed by atoms with E-state index in [9.17, 15) is 0 Å². The molecule has 1 saturated heterocycles. The Bertz CT molecular complexity index is 788. The minimum atomic E-state index is 0.349. The number of piperazine rings is 1. The van der Waals surface area contributed by atoms with Crippen molar-refractivity contribution in [3.8, 4) is 10.6 Å². The van der Waals surface area contributed by atoms with Crippen molar-refractivity contribution < 1.29 is 0 Å². The molecule has 0 radical (unpaired) electrons. The quantitative estimate of drug-likeness (QED) is 0.740. The third-order valence-corrected chi connectivity index (χ3v) is 4.64. The molecule has 3 aromatic rings. The van der Waals surface area contributed by atoms with Gasteiger partial charge in [0.2, 0.25) is 11.9 Å². The average molecular weight is 316 g/mol. The minimum absolute atomic E-state index is 0.349. The third kappa shape index (κ3) is 2.18. The maximum Gasteiger partial charge on any atom is 0.230 e. The van der Waals surface area contributed by atoms with Gasteiger partial charge in [-0.3, -0.25) is 0 Å². The lowest BCUT2D eigenvalue weighted by atomic mass is 10.3. The van der Waals surface area contributed by atoms with Crippen molar-refractivity contribution in [1.29, 1.82) is 0 Å². The van der Waals surface area contributed by atoms with E-state index >= 15 is 0 Å². The molecule has 0 amide bonds. The molecule has 0 unspecified atom stereocenters. The zero-order valence-electron chi connectivity index (χ0n) is 12.2. The van der Waals surface area contributed by atoms with Gasteiger partial charge in [0.25, 0.3) is 0 Å². The Hall–Kier alpha value is -2.26. The lowest BCUT2D eigenvalue weighted by molar-refractivity contribution is 0.311. The SMILES string of the molecule is CN1CCN(c2nc(N)n3ncc(-c4nccs4)c3n2)CC1. The molecule has 1 aliphatic rings. The van der Waals surface area contributed by atoms with Crippen LogP contribution in [0.3, 0.4) is 0 Å². The van der Waals surface area contributed by atoms with Gasteiger partial charge in [0, 0.05) is 37.8 Å². The van der Waals surface area contributed by atoms with E-state index in [-0.39, 0.29) is 0 Å². The number of hydrogen-bond donors (Lipinski definition) is 1. The summed E-state index contributed by atoms with van der Waals surface area (Å²) in [5, 5.41) is 7.10. The molecule has 3 aromatic heterocycles. The molecule has 0 aromatic carbocycles. The standard InChI is InChI=1S/C13H16N8S/c1-19-3-5-20(6-4-19)13-17-10-9(11-15-2-7-22-11)8-16-21(10)12(14)18-13/h2,7-8H,3-6H2,1H3,(H2,14,17,18). The lowest BCUT2D eigenvalue weighted by Gasteiger charge is -2.32. The summed E-state index contributed by atoms with van der Waals surface area (Å²) < 4.78 is 1.57. The number of rotatable bonds is 2. The molecule has 0 aliphatic carbocycles. The summed E-state index contributed by atoms with van der Waals surface area (Å²) in [5.74, 6) is 1.01. The van der Waals surface area contributed by atoms with Crippen LogP contribution >= 0.6 is 11.3 Å². The predicted octanol–water partition coefficient (Wildman–Crippen LogP) is 0.582. The summed E-state index contributed by atoms with van der Waals surface area (Å²) in [6.45, 7) is 3.78. The smallest absolute Gasteiger partial charge is 0.230 e. The first-order valence-corrected chi connectivity index (χ1v) is 7.95. The van der Waals surface area contributed by atoms with Gasteiger partial charge in [0.05, 0.1) is 11.8 Å². The van der Waals surface area contributed by atoms with Crippen molar-refractivity contribution in [3.63, 3.8) is 0 Å². The number of aromatic nitrogens is 5. The fraction of sp³-hybridized carbons (Fsp3) is 0.385. The van der Waals surface area contributed by atoms with Crippen LogP contribution in [0.15, 0.2) is 17.8 Å². The highest BCUT2D eigenvalue weighted by molar-refractivity contribution is 7.13. The van der Waals surface area contributed by atoms with Gasteiger partial charge in [-0.1, -0.05) is 0 Å². The molecule has 1 aliphatic heterocycles. The molecule has 9 heteroatoms. The molecule has 2 N–H and O–H groups in total. The zero-order chi connectivity index (χ0) is 15.1. The van der Waals surface area contributed by atoms with Gasteiger partial charge >= 0.3 is 0 Å². The van der Waals surface area contributed by atoms with Gasteiger partial charge in [0.1, 0.15) is 5.01 Å². The number of hydrogen-bond acceptors (Lipinski definition) is 8. The molecular weight excluding hydrogens is 300 g/mol. The summed E-state index contributed by atoms with van der Waals surface area (Å²) in [5.41, 5.74) is 7.65. The first kappa shape index (κ1) is 13.4. The fourth-order valence-corrected chi connectivity index (χ4v) is 3.19. The van der Waals surface area contributed by atoms with E-state index in [1.54, 1.807) is 28.2 Å². The number of thiazole rings is 1. The van der Waals surface area contributed by atoms with Crippen LogP contribution in [0, 0.1) is 0 Å². The number of likely N-dealkylation sites (N-methyl/N-ethyl adjacent to an activating group) is 1. The molecule has 114 valence electrons.